The zero-order valence-corrected chi connectivity index (χ0v) is 13.2. The van der Waals surface area contributed by atoms with E-state index in [0.717, 1.165) is 12.1 Å². The fourth-order valence-electron chi connectivity index (χ4n) is 1.72. The molecule has 0 saturated heterocycles. The van der Waals surface area contributed by atoms with Crippen LogP contribution in [0.4, 0.5) is 10.1 Å². The molecule has 1 aromatic rings. The molecule has 118 valence electrons. The third-order valence-corrected chi connectivity index (χ3v) is 3.58. The lowest BCUT2D eigenvalue weighted by Crippen LogP contribution is -2.23. The molecular formula is C14H20FNO4S. The SMILES string of the molecule is CCOC(=O)CNc1cc(F)ccc1C(=O)C[SH](C)(C)=O. The van der Waals surface area contributed by atoms with Crippen molar-refractivity contribution in [3.8, 4) is 0 Å². The van der Waals surface area contributed by atoms with Gasteiger partial charge in [0, 0.05) is 11.3 Å². The highest BCUT2D eigenvalue weighted by atomic mass is 32.2. The maximum Gasteiger partial charge on any atom is 0.325 e. The summed E-state index contributed by atoms with van der Waals surface area (Å²) in [6, 6.07) is 3.60. The molecular weight excluding hydrogens is 297 g/mol. The number of hydrogen-bond donors (Lipinski definition) is 2. The summed E-state index contributed by atoms with van der Waals surface area (Å²) in [5.41, 5.74) is 0.408. The van der Waals surface area contributed by atoms with Crippen LogP contribution < -0.4 is 5.32 Å². The summed E-state index contributed by atoms with van der Waals surface area (Å²) in [5.74, 6) is -1.49. The highest BCUT2D eigenvalue weighted by Crippen LogP contribution is 2.19. The molecule has 0 atom stereocenters. The van der Waals surface area contributed by atoms with Crippen LogP contribution in [0.2, 0.25) is 0 Å². The molecule has 0 fully saturated rings. The molecule has 1 rings (SSSR count). The summed E-state index contributed by atoms with van der Waals surface area (Å²) >= 11 is 0. The fraction of sp³-hybridized carbons (Fsp3) is 0.429. The van der Waals surface area contributed by atoms with Gasteiger partial charge in [-0.2, -0.15) is 0 Å². The summed E-state index contributed by atoms with van der Waals surface area (Å²) < 4.78 is 29.8. The predicted octanol–water partition coefficient (Wildman–Crippen LogP) is 1.26. The van der Waals surface area contributed by atoms with E-state index in [-0.39, 0.29) is 35.9 Å². The van der Waals surface area contributed by atoms with Gasteiger partial charge < -0.3 is 10.1 Å². The average Bonchev–Trinajstić information content (AvgIpc) is 2.34. The van der Waals surface area contributed by atoms with Gasteiger partial charge in [-0.1, -0.05) is 0 Å². The first-order chi connectivity index (χ1) is 9.73. The zero-order chi connectivity index (χ0) is 16.0. The third-order valence-electron chi connectivity index (χ3n) is 2.53. The molecule has 0 heterocycles. The standard InChI is InChI=1S/C14H20FNO4S/c1-4-20-14(18)8-16-12-7-10(15)5-6-11(12)13(17)9-21(2,3)19/h5-7,16,21H,4,8-9H2,1-3H3. The van der Waals surface area contributed by atoms with E-state index < -0.39 is 21.7 Å². The van der Waals surface area contributed by atoms with Crippen molar-refractivity contribution in [2.75, 3.05) is 36.7 Å². The molecule has 0 amide bonds. The van der Waals surface area contributed by atoms with E-state index in [9.17, 15) is 18.2 Å². The molecule has 1 N–H and O–H groups in total. The molecule has 5 nitrogen and oxygen atoms in total. The zero-order valence-electron chi connectivity index (χ0n) is 12.3. The average molecular weight is 317 g/mol. The molecule has 0 bridgehead atoms. The number of Topliss-reactive ketones (excluding diaryl/α,β-unsaturated/α-hetero) is 1. The van der Waals surface area contributed by atoms with Crippen molar-refractivity contribution in [3.05, 3.63) is 29.6 Å². The van der Waals surface area contributed by atoms with E-state index in [1.165, 1.54) is 18.6 Å². The Kier molecular flexibility index (Phi) is 6.02. The van der Waals surface area contributed by atoms with Crippen molar-refractivity contribution >= 4 is 27.4 Å². The summed E-state index contributed by atoms with van der Waals surface area (Å²) in [6.07, 6.45) is 3.03. The number of hydrogen-bond acceptors (Lipinski definition) is 5. The van der Waals surface area contributed by atoms with Crippen LogP contribution in [0.15, 0.2) is 18.2 Å². The van der Waals surface area contributed by atoms with Crippen LogP contribution in [0.1, 0.15) is 17.3 Å². The number of esters is 1. The normalized spacial score (nSPS) is 11.8. The quantitative estimate of drug-likeness (QED) is 0.450. The van der Waals surface area contributed by atoms with Crippen LogP contribution in [-0.2, 0) is 19.5 Å². The molecule has 7 heteroatoms. The Morgan fingerprint density at radius 1 is 1.33 bits per heavy atom. The summed E-state index contributed by atoms with van der Waals surface area (Å²) in [4.78, 5) is 23.4. The Bertz CT molecular complexity index is 582. The first-order valence-corrected chi connectivity index (χ1v) is 9.28. The van der Waals surface area contributed by atoms with E-state index in [0.29, 0.717) is 0 Å². The molecule has 21 heavy (non-hydrogen) atoms. The second-order valence-corrected chi connectivity index (χ2v) is 8.47. The Labute approximate surface area is 124 Å². The number of rotatable bonds is 7. The lowest BCUT2D eigenvalue weighted by molar-refractivity contribution is -0.140. The van der Waals surface area contributed by atoms with E-state index in [4.69, 9.17) is 4.74 Å². The fourth-order valence-corrected chi connectivity index (χ4v) is 2.58. The first-order valence-electron chi connectivity index (χ1n) is 6.49. The lowest BCUT2D eigenvalue weighted by atomic mass is 10.1. The van der Waals surface area contributed by atoms with Crippen LogP contribution in [0.5, 0.6) is 0 Å². The maximum absolute atomic E-state index is 13.3. The van der Waals surface area contributed by atoms with Crippen LogP contribution in [0.25, 0.3) is 0 Å². The predicted molar refractivity (Wildman–Crippen MR) is 82.1 cm³/mol. The van der Waals surface area contributed by atoms with E-state index in [2.05, 4.69) is 5.32 Å². The molecule has 0 radical (unpaired) electrons. The van der Waals surface area contributed by atoms with Crippen LogP contribution >= 0.6 is 0 Å². The van der Waals surface area contributed by atoms with Gasteiger partial charge in [-0.3, -0.25) is 13.8 Å². The monoisotopic (exact) mass is 317 g/mol. The number of benzene rings is 1. The van der Waals surface area contributed by atoms with Gasteiger partial charge in [0.2, 0.25) is 0 Å². The van der Waals surface area contributed by atoms with Crippen LogP contribution in [0.3, 0.4) is 0 Å². The van der Waals surface area contributed by atoms with Gasteiger partial charge in [-0.25, -0.2) is 4.39 Å². The second-order valence-electron chi connectivity index (χ2n) is 5.00. The number of ether oxygens (including phenoxy) is 1. The summed E-state index contributed by atoms with van der Waals surface area (Å²) in [7, 11) is -2.53. The van der Waals surface area contributed by atoms with Crippen molar-refractivity contribution in [3.63, 3.8) is 0 Å². The van der Waals surface area contributed by atoms with E-state index in [1.54, 1.807) is 6.92 Å². The molecule has 0 aliphatic carbocycles. The van der Waals surface area contributed by atoms with E-state index >= 15 is 0 Å². The molecule has 0 aliphatic heterocycles. The van der Waals surface area contributed by atoms with Crippen molar-refractivity contribution in [1.82, 2.24) is 0 Å². The van der Waals surface area contributed by atoms with Gasteiger partial charge in [0.25, 0.3) is 0 Å². The number of thiol groups is 1. The largest absolute Gasteiger partial charge is 0.465 e. The van der Waals surface area contributed by atoms with Gasteiger partial charge in [-0.15, -0.1) is 9.93 Å². The highest BCUT2D eigenvalue weighted by molar-refractivity contribution is 8.02. The van der Waals surface area contributed by atoms with E-state index in [1.807, 2.05) is 0 Å². The Balaban J connectivity index is 2.92. The van der Waals surface area contributed by atoms with Gasteiger partial charge in [0.15, 0.2) is 5.78 Å². The number of ketones is 1. The molecule has 0 aromatic heterocycles. The lowest BCUT2D eigenvalue weighted by Gasteiger charge is -2.14. The summed E-state index contributed by atoms with van der Waals surface area (Å²) in [5, 5.41) is 2.68. The van der Waals surface area contributed by atoms with Crippen molar-refractivity contribution in [2.24, 2.45) is 0 Å². The van der Waals surface area contributed by atoms with Crippen molar-refractivity contribution in [1.29, 1.82) is 0 Å². The first kappa shape index (κ1) is 17.3. The number of carbonyl (C=O) groups excluding carboxylic acids is 2. The Morgan fingerprint density at radius 2 is 2.00 bits per heavy atom. The Hall–Kier alpha value is -1.76. The minimum absolute atomic E-state index is 0.104. The van der Waals surface area contributed by atoms with Gasteiger partial charge in [0.05, 0.1) is 12.4 Å². The molecule has 0 aliphatic rings. The van der Waals surface area contributed by atoms with Crippen molar-refractivity contribution < 1.29 is 22.9 Å². The number of carbonyl (C=O) groups is 2. The molecule has 0 saturated carbocycles. The van der Waals surface area contributed by atoms with Crippen LogP contribution in [0, 0.1) is 5.82 Å². The third kappa shape index (κ3) is 6.03. The van der Waals surface area contributed by atoms with Crippen molar-refractivity contribution in [2.45, 2.75) is 6.92 Å². The number of halogens is 1. The van der Waals surface area contributed by atoms with Gasteiger partial charge in [-0.05, 0) is 37.6 Å². The minimum atomic E-state index is -2.53. The van der Waals surface area contributed by atoms with Crippen LogP contribution in [-0.4, -0.2) is 47.4 Å². The maximum atomic E-state index is 13.3. The van der Waals surface area contributed by atoms with Gasteiger partial charge in [0.1, 0.15) is 12.4 Å². The smallest absolute Gasteiger partial charge is 0.325 e. The topological polar surface area (TPSA) is 72.5 Å². The summed E-state index contributed by atoms with van der Waals surface area (Å²) in [6.45, 7) is 1.74. The Morgan fingerprint density at radius 3 is 2.57 bits per heavy atom. The second kappa shape index (κ2) is 7.31. The van der Waals surface area contributed by atoms with Gasteiger partial charge >= 0.3 is 5.97 Å². The number of nitrogens with one attached hydrogen (secondary N) is 1. The molecule has 0 unspecified atom stereocenters. The highest BCUT2D eigenvalue weighted by Gasteiger charge is 2.17. The minimum Gasteiger partial charge on any atom is -0.465 e. The molecule has 0 spiro atoms. The number of anilines is 1. The molecule has 1 aromatic carbocycles.